The van der Waals surface area contributed by atoms with E-state index in [4.69, 9.17) is 16.3 Å². The van der Waals surface area contributed by atoms with Crippen molar-refractivity contribution in [2.24, 2.45) is 0 Å². The van der Waals surface area contributed by atoms with Gasteiger partial charge in [0.15, 0.2) is 0 Å². The van der Waals surface area contributed by atoms with Crippen molar-refractivity contribution in [3.05, 3.63) is 21.3 Å². The van der Waals surface area contributed by atoms with E-state index in [-0.39, 0.29) is 12.1 Å². The van der Waals surface area contributed by atoms with Gasteiger partial charge in [-0.25, -0.2) is 4.79 Å². The summed E-state index contributed by atoms with van der Waals surface area (Å²) in [6.07, 6.45) is 4.44. The zero-order valence-corrected chi connectivity index (χ0v) is 12.5. The summed E-state index contributed by atoms with van der Waals surface area (Å²) in [6, 6.07) is 3.98. The molecule has 1 fully saturated rings. The summed E-state index contributed by atoms with van der Waals surface area (Å²) in [5.41, 5.74) is 0. The van der Waals surface area contributed by atoms with Crippen molar-refractivity contribution >= 4 is 29.0 Å². The van der Waals surface area contributed by atoms with E-state index in [1.165, 1.54) is 24.2 Å². The highest BCUT2D eigenvalue weighted by Gasteiger charge is 2.18. The summed E-state index contributed by atoms with van der Waals surface area (Å²) < 4.78 is 6.11. The Morgan fingerprint density at radius 1 is 1.53 bits per heavy atom. The quantitative estimate of drug-likeness (QED) is 0.876. The molecule has 0 saturated heterocycles. The minimum Gasteiger partial charge on any atom is -0.374 e. The lowest BCUT2D eigenvalue weighted by Gasteiger charge is -2.17. The summed E-state index contributed by atoms with van der Waals surface area (Å²) in [5, 5.41) is 5.84. The summed E-state index contributed by atoms with van der Waals surface area (Å²) in [5.74, 6) is 0. The number of ether oxygens (including phenoxy) is 1. The van der Waals surface area contributed by atoms with Crippen LogP contribution in [0.15, 0.2) is 12.1 Å². The number of halogens is 1. The molecule has 0 aromatic carbocycles. The van der Waals surface area contributed by atoms with Crippen LogP contribution in [0.5, 0.6) is 0 Å². The molecule has 1 heterocycles. The van der Waals surface area contributed by atoms with Gasteiger partial charge in [0.1, 0.15) is 6.10 Å². The first-order valence-corrected chi connectivity index (χ1v) is 7.71. The van der Waals surface area contributed by atoms with Crippen molar-refractivity contribution < 1.29 is 9.53 Å². The van der Waals surface area contributed by atoms with Crippen molar-refractivity contribution in [3.8, 4) is 0 Å². The summed E-state index contributed by atoms with van der Waals surface area (Å²) >= 11 is 7.37. The number of hydrogen-bond acceptors (Lipinski definition) is 3. The monoisotopic (exact) mass is 302 g/mol. The van der Waals surface area contributed by atoms with Crippen molar-refractivity contribution in [3.63, 3.8) is 0 Å². The molecule has 1 atom stereocenters. The van der Waals surface area contributed by atoms with Crippen LogP contribution in [0.25, 0.3) is 0 Å². The van der Waals surface area contributed by atoms with E-state index in [2.05, 4.69) is 10.6 Å². The molecule has 1 aliphatic rings. The van der Waals surface area contributed by atoms with E-state index >= 15 is 0 Å². The Labute approximate surface area is 122 Å². The number of amides is 2. The van der Waals surface area contributed by atoms with Crippen molar-refractivity contribution in [2.45, 2.75) is 37.8 Å². The number of methoxy groups -OCH3 is 1. The van der Waals surface area contributed by atoms with Gasteiger partial charge in [0.05, 0.1) is 10.9 Å². The fourth-order valence-electron chi connectivity index (χ4n) is 2.29. The van der Waals surface area contributed by atoms with Gasteiger partial charge in [-0.15, -0.1) is 11.3 Å². The normalized spacial score (nSPS) is 17.4. The maximum atomic E-state index is 11.8. The lowest BCUT2D eigenvalue weighted by molar-refractivity contribution is 0.106. The lowest BCUT2D eigenvalue weighted by Crippen LogP contribution is -2.42. The van der Waals surface area contributed by atoms with Crippen LogP contribution in [0.1, 0.15) is 36.7 Å². The van der Waals surface area contributed by atoms with E-state index in [9.17, 15) is 4.79 Å². The van der Waals surface area contributed by atoms with Crippen LogP contribution in [-0.4, -0.2) is 25.7 Å². The third-order valence-electron chi connectivity index (χ3n) is 3.33. The van der Waals surface area contributed by atoms with Gasteiger partial charge in [-0.1, -0.05) is 24.4 Å². The molecule has 2 amide bonds. The van der Waals surface area contributed by atoms with Crippen LogP contribution in [0, 0.1) is 0 Å². The first-order chi connectivity index (χ1) is 9.19. The molecule has 4 nitrogen and oxygen atoms in total. The highest BCUT2D eigenvalue weighted by atomic mass is 35.5. The molecular weight excluding hydrogens is 284 g/mol. The molecule has 2 rings (SSSR count). The third kappa shape index (κ3) is 4.37. The second-order valence-corrected chi connectivity index (χ2v) is 6.45. The molecular formula is C13H19ClN2O2S. The highest BCUT2D eigenvalue weighted by Crippen LogP contribution is 2.28. The number of nitrogens with one attached hydrogen (secondary N) is 2. The van der Waals surface area contributed by atoms with Crippen LogP contribution >= 0.6 is 22.9 Å². The largest absolute Gasteiger partial charge is 0.374 e. The van der Waals surface area contributed by atoms with Gasteiger partial charge < -0.3 is 15.4 Å². The Balaban J connectivity index is 1.77. The maximum Gasteiger partial charge on any atom is 0.315 e. The standard InChI is InChI=1S/C13H19ClN2O2S/c1-18-10(11-6-7-12(14)19-11)8-15-13(17)16-9-4-2-3-5-9/h6-7,9-10H,2-5,8H2,1H3,(H2,15,16,17). The number of urea groups is 1. The molecule has 0 spiro atoms. The number of hydrogen-bond donors (Lipinski definition) is 2. The van der Waals surface area contributed by atoms with E-state index in [1.54, 1.807) is 7.11 Å². The Hall–Kier alpha value is -0.780. The van der Waals surface area contributed by atoms with Crippen LogP contribution < -0.4 is 10.6 Å². The second kappa shape index (κ2) is 7.12. The molecule has 2 N–H and O–H groups in total. The minimum absolute atomic E-state index is 0.114. The molecule has 1 aromatic rings. The Morgan fingerprint density at radius 2 is 2.26 bits per heavy atom. The van der Waals surface area contributed by atoms with Gasteiger partial charge >= 0.3 is 6.03 Å². The minimum atomic E-state index is -0.146. The molecule has 1 aromatic heterocycles. The van der Waals surface area contributed by atoms with Crippen molar-refractivity contribution in [2.75, 3.05) is 13.7 Å². The molecule has 0 aliphatic heterocycles. The topological polar surface area (TPSA) is 50.4 Å². The maximum absolute atomic E-state index is 11.8. The Morgan fingerprint density at radius 3 is 2.84 bits per heavy atom. The molecule has 1 aliphatic carbocycles. The summed E-state index contributed by atoms with van der Waals surface area (Å²) in [4.78, 5) is 12.8. The molecule has 106 valence electrons. The number of thiophene rings is 1. The van der Waals surface area contributed by atoms with Crippen LogP contribution in [0.3, 0.4) is 0 Å². The van der Waals surface area contributed by atoms with Gasteiger partial charge in [-0.05, 0) is 25.0 Å². The van der Waals surface area contributed by atoms with E-state index < -0.39 is 0 Å². The number of rotatable bonds is 5. The predicted molar refractivity (Wildman–Crippen MR) is 77.9 cm³/mol. The van der Waals surface area contributed by atoms with Crippen LogP contribution in [-0.2, 0) is 4.74 Å². The van der Waals surface area contributed by atoms with Gasteiger partial charge in [0, 0.05) is 18.0 Å². The average molecular weight is 303 g/mol. The van der Waals surface area contributed by atoms with E-state index in [0.717, 1.165) is 22.1 Å². The molecule has 1 saturated carbocycles. The molecule has 19 heavy (non-hydrogen) atoms. The summed E-state index contributed by atoms with van der Waals surface area (Å²) in [7, 11) is 1.63. The average Bonchev–Trinajstić information content (AvgIpc) is 3.02. The number of carbonyl (C=O) groups is 1. The van der Waals surface area contributed by atoms with E-state index in [0.29, 0.717) is 12.6 Å². The third-order valence-corrected chi connectivity index (χ3v) is 4.66. The van der Waals surface area contributed by atoms with Gasteiger partial charge in [-0.3, -0.25) is 0 Å². The highest BCUT2D eigenvalue weighted by molar-refractivity contribution is 7.16. The lowest BCUT2D eigenvalue weighted by atomic mass is 10.2. The van der Waals surface area contributed by atoms with Crippen molar-refractivity contribution in [1.29, 1.82) is 0 Å². The number of carbonyl (C=O) groups excluding carboxylic acids is 1. The SMILES string of the molecule is COC(CNC(=O)NC1CCCC1)c1ccc(Cl)s1. The molecule has 0 bridgehead atoms. The summed E-state index contributed by atoms with van der Waals surface area (Å²) in [6.45, 7) is 0.450. The molecule has 0 radical (unpaired) electrons. The fourth-order valence-corrected chi connectivity index (χ4v) is 3.43. The molecule has 6 heteroatoms. The van der Waals surface area contributed by atoms with Crippen LogP contribution in [0.4, 0.5) is 4.79 Å². The van der Waals surface area contributed by atoms with Gasteiger partial charge in [0.2, 0.25) is 0 Å². The smallest absolute Gasteiger partial charge is 0.315 e. The van der Waals surface area contributed by atoms with Crippen LogP contribution in [0.2, 0.25) is 4.34 Å². The first kappa shape index (κ1) is 14.6. The second-order valence-electron chi connectivity index (χ2n) is 4.70. The van der Waals surface area contributed by atoms with E-state index in [1.807, 2.05) is 12.1 Å². The zero-order chi connectivity index (χ0) is 13.7. The van der Waals surface area contributed by atoms with Crippen molar-refractivity contribution in [1.82, 2.24) is 10.6 Å². The fraction of sp³-hybridized carbons (Fsp3) is 0.615. The van der Waals surface area contributed by atoms with Gasteiger partial charge in [-0.2, -0.15) is 0 Å². The van der Waals surface area contributed by atoms with Gasteiger partial charge in [0.25, 0.3) is 0 Å². The molecule has 1 unspecified atom stereocenters. The Bertz CT molecular complexity index is 419. The predicted octanol–water partition coefficient (Wildman–Crippen LogP) is 3.33. The zero-order valence-electron chi connectivity index (χ0n) is 10.9. The first-order valence-electron chi connectivity index (χ1n) is 6.51. The Kier molecular flexibility index (Phi) is 5.48.